The minimum atomic E-state index is -0.402. The van der Waals surface area contributed by atoms with Gasteiger partial charge in [0, 0.05) is 16.5 Å². The Balaban J connectivity index is 1.17. The van der Waals surface area contributed by atoms with E-state index >= 15 is 0 Å². The predicted molar refractivity (Wildman–Crippen MR) is 233 cm³/mol. The molecule has 1 spiro atoms. The van der Waals surface area contributed by atoms with Crippen LogP contribution >= 0.6 is 0 Å². The van der Waals surface area contributed by atoms with Crippen LogP contribution < -0.4 is 0 Å². The minimum Gasteiger partial charge on any atom is -0.309 e. The number of hydrogen-bond acceptors (Lipinski definition) is 0. The molecule has 0 saturated heterocycles. The van der Waals surface area contributed by atoms with Gasteiger partial charge in [0.1, 0.15) is 0 Å². The van der Waals surface area contributed by atoms with Crippen molar-refractivity contribution in [1.29, 1.82) is 0 Å². The van der Waals surface area contributed by atoms with Crippen LogP contribution in [0.5, 0.6) is 0 Å². The van der Waals surface area contributed by atoms with E-state index in [2.05, 4.69) is 217 Å². The van der Waals surface area contributed by atoms with Gasteiger partial charge in [0.25, 0.3) is 0 Å². The second kappa shape index (κ2) is 11.9. The van der Waals surface area contributed by atoms with Crippen LogP contribution in [0.3, 0.4) is 0 Å². The van der Waals surface area contributed by atoms with Crippen molar-refractivity contribution < 1.29 is 0 Å². The fourth-order valence-electron chi connectivity index (χ4n) is 10.0. The van der Waals surface area contributed by atoms with Gasteiger partial charge in [-0.05, 0) is 132 Å². The molecule has 0 saturated carbocycles. The summed E-state index contributed by atoms with van der Waals surface area (Å²) in [7, 11) is 0. The highest BCUT2D eigenvalue weighted by Gasteiger charge is 2.51. The molecule has 0 amide bonds. The molecule has 1 aromatic heterocycles. The molecular weight excluding hydrogens is 675 g/mol. The number of hydrogen-bond donors (Lipinski definition) is 0. The molecule has 0 atom stereocenters. The highest BCUT2D eigenvalue weighted by molar-refractivity contribution is 6.13. The van der Waals surface area contributed by atoms with Crippen molar-refractivity contribution in [2.45, 2.75) is 5.41 Å². The SMILES string of the molecule is c1ccc(-c2cc(-c3ccccc3)cc(-c3ccc4c(c3)c3cc5c(cc3n4-c3ccccc3)-c3ccccc3C53c4ccccc4-c4ccccc43)c2)cc1. The molecule has 1 heteroatoms. The molecule has 260 valence electrons. The van der Waals surface area contributed by atoms with Crippen LogP contribution in [0.4, 0.5) is 0 Å². The smallest absolute Gasteiger partial charge is 0.0725 e. The van der Waals surface area contributed by atoms with Crippen LogP contribution in [-0.2, 0) is 5.41 Å². The van der Waals surface area contributed by atoms with Gasteiger partial charge in [-0.3, -0.25) is 0 Å². The van der Waals surface area contributed by atoms with Crippen LogP contribution in [0.15, 0.2) is 212 Å². The zero-order valence-electron chi connectivity index (χ0n) is 30.7. The molecule has 0 bridgehead atoms. The van der Waals surface area contributed by atoms with Gasteiger partial charge >= 0.3 is 0 Å². The maximum atomic E-state index is 2.55. The van der Waals surface area contributed by atoms with E-state index in [1.807, 2.05) is 0 Å². The third-order valence-corrected chi connectivity index (χ3v) is 12.4. The molecule has 0 fully saturated rings. The van der Waals surface area contributed by atoms with Gasteiger partial charge in [0.05, 0.1) is 16.4 Å². The monoisotopic (exact) mass is 709 g/mol. The molecule has 12 rings (SSSR count). The lowest BCUT2D eigenvalue weighted by atomic mass is 9.70. The highest BCUT2D eigenvalue weighted by atomic mass is 15.0. The van der Waals surface area contributed by atoms with Crippen LogP contribution in [-0.4, -0.2) is 4.57 Å². The van der Waals surface area contributed by atoms with Crippen molar-refractivity contribution in [3.05, 3.63) is 235 Å². The molecule has 56 heavy (non-hydrogen) atoms. The Morgan fingerprint density at radius 1 is 0.268 bits per heavy atom. The van der Waals surface area contributed by atoms with Crippen molar-refractivity contribution in [2.24, 2.45) is 0 Å². The minimum absolute atomic E-state index is 0.402. The van der Waals surface area contributed by atoms with E-state index < -0.39 is 5.41 Å². The standard InChI is InChI=1S/C55H35N/c1-4-16-36(17-5-1)39-30-40(37-18-6-2-7-19-37)32-41(31-39)38-28-29-53-47(33-38)48-34-52-46(35-54(48)56(53)42-20-8-3-9-21-42)45-24-12-15-27-51(45)55(52)49-25-13-10-22-43(49)44-23-11-14-26-50(44)55/h1-35H. The lowest BCUT2D eigenvalue weighted by Crippen LogP contribution is -2.25. The summed E-state index contributed by atoms with van der Waals surface area (Å²) in [5, 5.41) is 2.52. The zero-order chi connectivity index (χ0) is 36.8. The van der Waals surface area contributed by atoms with Gasteiger partial charge in [0.2, 0.25) is 0 Å². The number of rotatable bonds is 4. The first-order valence-corrected chi connectivity index (χ1v) is 19.5. The molecule has 0 unspecified atom stereocenters. The molecule has 0 aliphatic heterocycles. The Bertz CT molecular complexity index is 3070. The maximum absolute atomic E-state index is 2.55. The van der Waals surface area contributed by atoms with Crippen molar-refractivity contribution in [3.8, 4) is 61.3 Å². The molecule has 9 aromatic carbocycles. The van der Waals surface area contributed by atoms with Gasteiger partial charge in [-0.25, -0.2) is 0 Å². The molecule has 1 nitrogen and oxygen atoms in total. The highest BCUT2D eigenvalue weighted by Crippen LogP contribution is 2.63. The molecule has 2 aliphatic carbocycles. The van der Waals surface area contributed by atoms with E-state index in [0.29, 0.717) is 0 Å². The first kappa shape index (κ1) is 31.2. The molecule has 10 aromatic rings. The van der Waals surface area contributed by atoms with Gasteiger partial charge < -0.3 is 4.57 Å². The summed E-state index contributed by atoms with van der Waals surface area (Å²) in [5.41, 5.74) is 21.2. The first-order chi connectivity index (χ1) is 27.8. The summed E-state index contributed by atoms with van der Waals surface area (Å²) in [6.07, 6.45) is 0. The van der Waals surface area contributed by atoms with E-state index in [9.17, 15) is 0 Å². The number of para-hydroxylation sites is 1. The number of fused-ring (bicyclic) bond motifs is 13. The van der Waals surface area contributed by atoms with Gasteiger partial charge in [0.15, 0.2) is 0 Å². The third-order valence-electron chi connectivity index (χ3n) is 12.4. The lowest BCUT2D eigenvalue weighted by molar-refractivity contribution is 0.795. The average molecular weight is 710 g/mol. The third kappa shape index (κ3) is 4.31. The number of benzene rings is 9. The largest absolute Gasteiger partial charge is 0.309 e. The Labute approximate surface area is 326 Å². The van der Waals surface area contributed by atoms with Crippen LogP contribution in [0.1, 0.15) is 22.3 Å². The molecular formula is C55H35N. The Kier molecular flexibility index (Phi) is 6.62. The molecule has 0 radical (unpaired) electrons. The van der Waals surface area contributed by atoms with Crippen molar-refractivity contribution in [2.75, 3.05) is 0 Å². The number of aromatic nitrogens is 1. The fraction of sp³-hybridized carbons (Fsp3) is 0.0182. The van der Waals surface area contributed by atoms with Crippen LogP contribution in [0.2, 0.25) is 0 Å². The fourth-order valence-corrected chi connectivity index (χ4v) is 10.0. The topological polar surface area (TPSA) is 4.93 Å². The Hall–Kier alpha value is -7.22. The Morgan fingerprint density at radius 3 is 1.27 bits per heavy atom. The summed E-state index contributed by atoms with van der Waals surface area (Å²) in [6.45, 7) is 0. The van der Waals surface area contributed by atoms with E-state index in [1.54, 1.807) is 0 Å². The Morgan fingerprint density at radius 2 is 0.714 bits per heavy atom. The van der Waals surface area contributed by atoms with Gasteiger partial charge in [-0.15, -0.1) is 0 Å². The second-order valence-corrected chi connectivity index (χ2v) is 15.2. The van der Waals surface area contributed by atoms with Crippen molar-refractivity contribution in [1.82, 2.24) is 4.57 Å². The molecule has 0 N–H and O–H groups in total. The van der Waals surface area contributed by atoms with E-state index in [-0.39, 0.29) is 0 Å². The summed E-state index contributed by atoms with van der Waals surface area (Å²) in [4.78, 5) is 0. The summed E-state index contributed by atoms with van der Waals surface area (Å²) in [5.74, 6) is 0. The van der Waals surface area contributed by atoms with E-state index in [0.717, 1.165) is 5.69 Å². The van der Waals surface area contributed by atoms with E-state index in [4.69, 9.17) is 0 Å². The second-order valence-electron chi connectivity index (χ2n) is 15.2. The van der Waals surface area contributed by atoms with Gasteiger partial charge in [-0.2, -0.15) is 0 Å². The van der Waals surface area contributed by atoms with E-state index in [1.165, 1.54) is 99.7 Å². The normalized spacial score (nSPS) is 13.1. The maximum Gasteiger partial charge on any atom is 0.0725 e. The lowest BCUT2D eigenvalue weighted by Gasteiger charge is -2.30. The molecule has 2 aliphatic rings. The first-order valence-electron chi connectivity index (χ1n) is 19.5. The van der Waals surface area contributed by atoms with Crippen LogP contribution in [0.25, 0.3) is 83.1 Å². The number of nitrogens with zero attached hydrogens (tertiary/aromatic N) is 1. The van der Waals surface area contributed by atoms with Crippen molar-refractivity contribution in [3.63, 3.8) is 0 Å². The van der Waals surface area contributed by atoms with Crippen LogP contribution in [0, 0.1) is 0 Å². The predicted octanol–water partition coefficient (Wildman–Crippen LogP) is 14.1. The zero-order valence-corrected chi connectivity index (χ0v) is 30.7. The quantitative estimate of drug-likeness (QED) is 0.171. The average Bonchev–Trinajstić information content (AvgIpc) is 3.87. The van der Waals surface area contributed by atoms with Crippen molar-refractivity contribution >= 4 is 21.8 Å². The molecule has 1 heterocycles. The summed E-state index contributed by atoms with van der Waals surface area (Å²) in [6, 6.07) is 78.8. The summed E-state index contributed by atoms with van der Waals surface area (Å²) >= 11 is 0. The summed E-state index contributed by atoms with van der Waals surface area (Å²) < 4.78 is 2.47. The van der Waals surface area contributed by atoms with Gasteiger partial charge in [-0.1, -0.05) is 158 Å².